The maximum atomic E-state index is 12.4. The Bertz CT molecular complexity index is 945. The summed E-state index contributed by atoms with van der Waals surface area (Å²) in [6, 6.07) is 14.6. The van der Waals surface area contributed by atoms with E-state index in [9.17, 15) is 4.79 Å². The predicted molar refractivity (Wildman–Crippen MR) is 106 cm³/mol. The number of hydrogen-bond acceptors (Lipinski definition) is 5. The molecule has 3 rings (SSSR count). The zero-order valence-electron chi connectivity index (χ0n) is 15.0. The summed E-state index contributed by atoms with van der Waals surface area (Å²) < 4.78 is 5.34. The van der Waals surface area contributed by atoms with Crippen molar-refractivity contribution in [2.24, 2.45) is 0 Å². The van der Waals surface area contributed by atoms with E-state index in [1.54, 1.807) is 25.3 Å². The standard InChI is InChI=1S/C20H19ClN4O2/c1-13-3-8-18(27-2)17(11-13)25-20-22-10-9-16(24-20)19(26)23-12-14-4-6-15(21)7-5-14/h3-11H,12H2,1-2H3,(H,23,26)(H,22,24,25). The number of carbonyl (C=O) groups excluding carboxylic acids is 1. The molecule has 3 aromatic rings. The molecular formula is C20H19ClN4O2. The van der Waals surface area contributed by atoms with Crippen molar-refractivity contribution >= 4 is 29.1 Å². The van der Waals surface area contributed by atoms with E-state index in [-0.39, 0.29) is 11.6 Å². The molecule has 27 heavy (non-hydrogen) atoms. The van der Waals surface area contributed by atoms with Crippen molar-refractivity contribution in [3.8, 4) is 5.75 Å². The molecule has 0 spiro atoms. The molecule has 0 aliphatic rings. The van der Waals surface area contributed by atoms with Crippen molar-refractivity contribution in [1.82, 2.24) is 15.3 Å². The maximum Gasteiger partial charge on any atom is 0.270 e. The molecule has 0 saturated carbocycles. The molecule has 0 saturated heterocycles. The van der Waals surface area contributed by atoms with Crippen molar-refractivity contribution in [3.05, 3.63) is 76.6 Å². The number of anilines is 2. The first-order chi connectivity index (χ1) is 13.0. The first-order valence-corrected chi connectivity index (χ1v) is 8.70. The molecule has 0 aliphatic heterocycles. The molecule has 7 heteroatoms. The van der Waals surface area contributed by atoms with Gasteiger partial charge in [0.05, 0.1) is 12.8 Å². The average Bonchev–Trinajstić information content (AvgIpc) is 2.68. The highest BCUT2D eigenvalue weighted by atomic mass is 35.5. The van der Waals surface area contributed by atoms with Gasteiger partial charge in [0.15, 0.2) is 0 Å². The first kappa shape index (κ1) is 18.7. The minimum atomic E-state index is -0.286. The fraction of sp³-hybridized carbons (Fsp3) is 0.150. The maximum absolute atomic E-state index is 12.4. The van der Waals surface area contributed by atoms with E-state index in [1.807, 2.05) is 37.3 Å². The monoisotopic (exact) mass is 382 g/mol. The summed E-state index contributed by atoms with van der Waals surface area (Å²) >= 11 is 5.87. The molecule has 2 N–H and O–H groups in total. The lowest BCUT2D eigenvalue weighted by Gasteiger charge is -2.11. The Kier molecular flexibility index (Phi) is 5.88. The first-order valence-electron chi connectivity index (χ1n) is 8.32. The second-order valence-electron chi connectivity index (χ2n) is 5.90. The van der Waals surface area contributed by atoms with Gasteiger partial charge in [0.2, 0.25) is 5.95 Å². The Morgan fingerprint density at radius 1 is 1.15 bits per heavy atom. The van der Waals surface area contributed by atoms with Crippen molar-refractivity contribution in [1.29, 1.82) is 0 Å². The van der Waals surface area contributed by atoms with E-state index < -0.39 is 0 Å². The van der Waals surface area contributed by atoms with E-state index in [1.165, 1.54) is 6.20 Å². The Morgan fingerprint density at radius 2 is 1.93 bits per heavy atom. The van der Waals surface area contributed by atoms with Crippen LogP contribution in [0.3, 0.4) is 0 Å². The Balaban J connectivity index is 1.70. The third-order valence-electron chi connectivity index (χ3n) is 3.86. The molecule has 0 radical (unpaired) electrons. The number of halogens is 1. The quantitative estimate of drug-likeness (QED) is 0.670. The minimum absolute atomic E-state index is 0.271. The molecule has 0 bridgehead atoms. The Labute approximate surface area is 162 Å². The second-order valence-corrected chi connectivity index (χ2v) is 6.34. The molecule has 138 valence electrons. The van der Waals surface area contributed by atoms with Crippen LogP contribution in [0.5, 0.6) is 5.75 Å². The van der Waals surface area contributed by atoms with Gasteiger partial charge in [0, 0.05) is 17.8 Å². The fourth-order valence-electron chi connectivity index (χ4n) is 2.46. The number of hydrogen-bond donors (Lipinski definition) is 2. The number of aryl methyl sites for hydroxylation is 1. The lowest BCUT2D eigenvalue weighted by atomic mass is 10.2. The highest BCUT2D eigenvalue weighted by molar-refractivity contribution is 6.30. The number of amides is 1. The summed E-state index contributed by atoms with van der Waals surface area (Å²) in [5.74, 6) is 0.700. The molecule has 0 unspecified atom stereocenters. The lowest BCUT2D eigenvalue weighted by Crippen LogP contribution is -2.24. The van der Waals surface area contributed by atoms with Gasteiger partial charge in [-0.1, -0.05) is 29.8 Å². The zero-order valence-corrected chi connectivity index (χ0v) is 15.7. The number of nitrogens with zero attached hydrogens (tertiary/aromatic N) is 2. The number of carbonyl (C=O) groups is 1. The number of rotatable bonds is 6. The van der Waals surface area contributed by atoms with Crippen molar-refractivity contribution in [2.45, 2.75) is 13.5 Å². The van der Waals surface area contributed by atoms with Crippen LogP contribution in [0.1, 0.15) is 21.6 Å². The number of aromatic nitrogens is 2. The zero-order chi connectivity index (χ0) is 19.2. The van der Waals surface area contributed by atoms with Crippen LogP contribution in [0.15, 0.2) is 54.7 Å². The number of methoxy groups -OCH3 is 1. The largest absolute Gasteiger partial charge is 0.495 e. The summed E-state index contributed by atoms with van der Waals surface area (Å²) in [5.41, 5.74) is 3.02. The van der Waals surface area contributed by atoms with Gasteiger partial charge >= 0.3 is 0 Å². The number of nitrogens with one attached hydrogen (secondary N) is 2. The summed E-state index contributed by atoms with van der Waals surface area (Å²) in [5, 5.41) is 6.59. The van der Waals surface area contributed by atoms with Crippen LogP contribution in [0, 0.1) is 6.92 Å². The smallest absolute Gasteiger partial charge is 0.270 e. The van der Waals surface area contributed by atoms with Crippen LogP contribution in [0.2, 0.25) is 5.02 Å². The minimum Gasteiger partial charge on any atom is -0.495 e. The molecular weight excluding hydrogens is 364 g/mol. The van der Waals surface area contributed by atoms with E-state index in [4.69, 9.17) is 16.3 Å². The van der Waals surface area contributed by atoms with Crippen LogP contribution in [-0.4, -0.2) is 23.0 Å². The van der Waals surface area contributed by atoms with Crippen molar-refractivity contribution < 1.29 is 9.53 Å². The van der Waals surface area contributed by atoms with Crippen LogP contribution in [0.4, 0.5) is 11.6 Å². The summed E-state index contributed by atoms with van der Waals surface area (Å²) in [7, 11) is 1.59. The topological polar surface area (TPSA) is 76.1 Å². The van der Waals surface area contributed by atoms with Gasteiger partial charge in [0.1, 0.15) is 11.4 Å². The highest BCUT2D eigenvalue weighted by Crippen LogP contribution is 2.27. The van der Waals surface area contributed by atoms with Crippen molar-refractivity contribution in [2.75, 3.05) is 12.4 Å². The molecule has 0 atom stereocenters. The molecule has 2 aromatic carbocycles. The van der Waals surface area contributed by atoms with Crippen LogP contribution in [-0.2, 0) is 6.54 Å². The third kappa shape index (κ3) is 4.95. The highest BCUT2D eigenvalue weighted by Gasteiger charge is 2.10. The summed E-state index contributed by atoms with van der Waals surface area (Å²) in [4.78, 5) is 20.9. The summed E-state index contributed by atoms with van der Waals surface area (Å²) in [6.07, 6.45) is 1.54. The normalized spacial score (nSPS) is 10.3. The number of benzene rings is 2. The van der Waals surface area contributed by atoms with Gasteiger partial charge in [-0.3, -0.25) is 4.79 Å². The Hall–Kier alpha value is -3.12. The second kappa shape index (κ2) is 8.51. The molecule has 6 nitrogen and oxygen atoms in total. The van der Waals surface area contributed by atoms with Gasteiger partial charge in [-0.2, -0.15) is 0 Å². The predicted octanol–water partition coefficient (Wildman–Crippen LogP) is 4.12. The average molecular weight is 383 g/mol. The van der Waals surface area contributed by atoms with Crippen LogP contribution < -0.4 is 15.4 Å². The van der Waals surface area contributed by atoms with Crippen molar-refractivity contribution in [3.63, 3.8) is 0 Å². The van der Waals surface area contributed by atoms with Crippen LogP contribution >= 0.6 is 11.6 Å². The molecule has 1 amide bonds. The lowest BCUT2D eigenvalue weighted by molar-refractivity contribution is 0.0946. The van der Waals surface area contributed by atoms with Gasteiger partial charge in [0.25, 0.3) is 5.91 Å². The number of ether oxygens (including phenoxy) is 1. The third-order valence-corrected chi connectivity index (χ3v) is 4.11. The molecule has 1 heterocycles. The van der Waals surface area contributed by atoms with Crippen LogP contribution in [0.25, 0.3) is 0 Å². The molecule has 0 fully saturated rings. The van der Waals surface area contributed by atoms with Gasteiger partial charge in [-0.05, 0) is 48.4 Å². The molecule has 0 aliphatic carbocycles. The van der Waals surface area contributed by atoms with E-state index >= 15 is 0 Å². The van der Waals surface area contributed by atoms with E-state index in [0.717, 1.165) is 16.8 Å². The SMILES string of the molecule is COc1ccc(C)cc1Nc1nccc(C(=O)NCc2ccc(Cl)cc2)n1. The van der Waals surface area contributed by atoms with E-state index in [2.05, 4.69) is 20.6 Å². The molecule has 1 aromatic heterocycles. The fourth-order valence-corrected chi connectivity index (χ4v) is 2.59. The summed E-state index contributed by atoms with van der Waals surface area (Å²) in [6.45, 7) is 2.36. The van der Waals surface area contributed by atoms with Gasteiger partial charge in [-0.15, -0.1) is 0 Å². The van der Waals surface area contributed by atoms with Gasteiger partial charge < -0.3 is 15.4 Å². The Morgan fingerprint density at radius 3 is 2.67 bits per heavy atom. The van der Waals surface area contributed by atoms with E-state index in [0.29, 0.717) is 23.3 Å². The van der Waals surface area contributed by atoms with Gasteiger partial charge in [-0.25, -0.2) is 9.97 Å².